The monoisotopic (exact) mass is 392 g/mol. The number of ether oxygens (including phenoxy) is 3. The number of methoxy groups -OCH3 is 2. The molecule has 158 valence electrons. The molecule has 7 nitrogen and oxygen atoms in total. The molecule has 2 rings (SSSR count). The third-order valence-electron chi connectivity index (χ3n) is 4.53. The number of benzene rings is 1. The summed E-state index contributed by atoms with van der Waals surface area (Å²) < 4.78 is 16.4. The number of nitrogens with zero attached hydrogens (tertiary/aromatic N) is 2. The van der Waals surface area contributed by atoms with Crippen molar-refractivity contribution in [2.45, 2.75) is 33.2 Å². The van der Waals surface area contributed by atoms with Gasteiger partial charge in [-0.1, -0.05) is 13.8 Å². The van der Waals surface area contributed by atoms with Crippen LogP contribution in [0.4, 0.5) is 5.69 Å². The zero-order chi connectivity index (χ0) is 20.4. The number of guanidine groups is 1. The first-order valence-corrected chi connectivity index (χ1v) is 10.2. The van der Waals surface area contributed by atoms with Gasteiger partial charge >= 0.3 is 0 Å². The molecule has 1 heterocycles. The maximum absolute atomic E-state index is 5.62. The summed E-state index contributed by atoms with van der Waals surface area (Å²) in [5.41, 5.74) is 1.12. The molecule has 1 aromatic rings. The quantitative estimate of drug-likeness (QED) is 0.362. The van der Waals surface area contributed by atoms with Crippen LogP contribution in [0.25, 0.3) is 0 Å². The topological polar surface area (TPSA) is 67.4 Å². The maximum Gasteiger partial charge on any atom is 0.191 e. The SMILES string of the molecule is CCNC(=NCCOCC(C)C)NC1CCN(c2cc(OC)cc(OC)c2)C1. The van der Waals surface area contributed by atoms with Crippen LogP contribution in [-0.2, 0) is 4.74 Å². The number of nitrogens with one attached hydrogen (secondary N) is 2. The van der Waals surface area contributed by atoms with Crippen LogP contribution in [0.3, 0.4) is 0 Å². The molecule has 28 heavy (non-hydrogen) atoms. The normalized spacial score (nSPS) is 17.1. The summed E-state index contributed by atoms with van der Waals surface area (Å²) in [6.45, 7) is 11.2. The molecule has 0 aromatic heterocycles. The molecule has 1 aliphatic heterocycles. The van der Waals surface area contributed by atoms with Gasteiger partial charge in [-0.25, -0.2) is 0 Å². The average molecular weight is 393 g/mol. The van der Waals surface area contributed by atoms with E-state index in [0.29, 0.717) is 25.1 Å². The molecular formula is C21H36N4O3. The maximum atomic E-state index is 5.62. The van der Waals surface area contributed by atoms with Crippen LogP contribution >= 0.6 is 0 Å². The Hall–Kier alpha value is -2.15. The van der Waals surface area contributed by atoms with Gasteiger partial charge in [0.2, 0.25) is 0 Å². The Morgan fingerprint density at radius 3 is 2.54 bits per heavy atom. The van der Waals surface area contributed by atoms with Crippen molar-refractivity contribution in [3.63, 3.8) is 0 Å². The van der Waals surface area contributed by atoms with Crippen molar-refractivity contribution in [1.82, 2.24) is 10.6 Å². The minimum atomic E-state index is 0.339. The van der Waals surface area contributed by atoms with Gasteiger partial charge < -0.3 is 29.7 Å². The van der Waals surface area contributed by atoms with Crippen LogP contribution in [0.5, 0.6) is 11.5 Å². The van der Waals surface area contributed by atoms with Crippen molar-refractivity contribution in [3.8, 4) is 11.5 Å². The molecule has 0 amide bonds. The first-order chi connectivity index (χ1) is 13.5. The second-order valence-corrected chi connectivity index (χ2v) is 7.38. The van der Waals surface area contributed by atoms with E-state index in [1.54, 1.807) is 14.2 Å². The summed E-state index contributed by atoms with van der Waals surface area (Å²) in [4.78, 5) is 6.98. The van der Waals surface area contributed by atoms with Gasteiger partial charge in [0.1, 0.15) is 11.5 Å². The van der Waals surface area contributed by atoms with Crippen molar-refractivity contribution in [3.05, 3.63) is 18.2 Å². The Kier molecular flexibility index (Phi) is 9.20. The second kappa shape index (κ2) is 11.6. The Morgan fingerprint density at radius 2 is 1.93 bits per heavy atom. The molecule has 1 fully saturated rings. The lowest BCUT2D eigenvalue weighted by Crippen LogP contribution is -2.44. The minimum absolute atomic E-state index is 0.339. The van der Waals surface area contributed by atoms with Gasteiger partial charge in [-0.15, -0.1) is 0 Å². The molecule has 2 N–H and O–H groups in total. The highest BCUT2D eigenvalue weighted by atomic mass is 16.5. The largest absolute Gasteiger partial charge is 0.497 e. The van der Waals surface area contributed by atoms with Crippen LogP contribution in [-0.4, -0.2) is 65.6 Å². The van der Waals surface area contributed by atoms with Crippen LogP contribution < -0.4 is 25.0 Å². The van der Waals surface area contributed by atoms with Gasteiger partial charge in [0.15, 0.2) is 5.96 Å². The summed E-state index contributed by atoms with van der Waals surface area (Å²) in [5, 5.41) is 6.88. The van der Waals surface area contributed by atoms with E-state index < -0.39 is 0 Å². The van der Waals surface area contributed by atoms with E-state index in [4.69, 9.17) is 14.2 Å². The molecule has 1 aliphatic rings. The standard InChI is InChI=1S/C21H36N4O3/c1-6-22-21(23-8-10-28-15-16(2)3)24-17-7-9-25(14-17)18-11-19(26-4)13-20(12-18)27-5/h11-13,16-17H,6-10,14-15H2,1-5H3,(H2,22,23,24). The van der Waals surface area contributed by atoms with Gasteiger partial charge in [0, 0.05) is 56.2 Å². The molecule has 1 aromatic carbocycles. The van der Waals surface area contributed by atoms with Crippen molar-refractivity contribution in [1.29, 1.82) is 0 Å². The third-order valence-corrected chi connectivity index (χ3v) is 4.53. The Balaban J connectivity index is 1.90. The molecule has 1 atom stereocenters. The molecule has 0 aliphatic carbocycles. The fraction of sp³-hybridized carbons (Fsp3) is 0.667. The molecule has 1 unspecified atom stereocenters. The number of anilines is 1. The predicted octanol–water partition coefficient (Wildman–Crippen LogP) is 2.51. The van der Waals surface area contributed by atoms with Crippen molar-refractivity contribution < 1.29 is 14.2 Å². The van der Waals surface area contributed by atoms with Crippen LogP contribution in [0.15, 0.2) is 23.2 Å². The molecule has 0 saturated carbocycles. The van der Waals surface area contributed by atoms with E-state index in [2.05, 4.69) is 53.4 Å². The fourth-order valence-electron chi connectivity index (χ4n) is 3.14. The molecule has 1 saturated heterocycles. The second-order valence-electron chi connectivity index (χ2n) is 7.38. The fourth-order valence-corrected chi connectivity index (χ4v) is 3.14. The highest BCUT2D eigenvalue weighted by Gasteiger charge is 2.24. The first-order valence-electron chi connectivity index (χ1n) is 10.2. The van der Waals surface area contributed by atoms with Gasteiger partial charge in [-0.3, -0.25) is 4.99 Å². The number of rotatable bonds is 10. The lowest BCUT2D eigenvalue weighted by Gasteiger charge is -2.21. The van der Waals surface area contributed by atoms with Crippen molar-refractivity contribution in [2.24, 2.45) is 10.9 Å². The zero-order valence-corrected chi connectivity index (χ0v) is 18.0. The van der Waals surface area contributed by atoms with E-state index in [-0.39, 0.29) is 0 Å². The summed E-state index contributed by atoms with van der Waals surface area (Å²) >= 11 is 0. The third kappa shape index (κ3) is 7.11. The highest BCUT2D eigenvalue weighted by molar-refractivity contribution is 5.80. The van der Waals surface area contributed by atoms with E-state index in [1.807, 2.05) is 6.07 Å². The predicted molar refractivity (Wildman–Crippen MR) is 115 cm³/mol. The molecule has 0 spiro atoms. The number of aliphatic imine (C=N–C) groups is 1. The summed E-state index contributed by atoms with van der Waals surface area (Å²) in [6, 6.07) is 6.34. The molecule has 7 heteroatoms. The van der Waals surface area contributed by atoms with E-state index in [9.17, 15) is 0 Å². The average Bonchev–Trinajstić information content (AvgIpc) is 3.15. The van der Waals surface area contributed by atoms with E-state index in [0.717, 1.165) is 55.8 Å². The minimum Gasteiger partial charge on any atom is -0.497 e. The van der Waals surface area contributed by atoms with Crippen molar-refractivity contribution in [2.75, 3.05) is 58.5 Å². The van der Waals surface area contributed by atoms with Crippen molar-refractivity contribution >= 4 is 11.6 Å². The van der Waals surface area contributed by atoms with Gasteiger partial charge in [-0.05, 0) is 19.3 Å². The van der Waals surface area contributed by atoms with Gasteiger partial charge in [0.25, 0.3) is 0 Å². The molecular weight excluding hydrogens is 356 g/mol. The van der Waals surface area contributed by atoms with Gasteiger partial charge in [-0.2, -0.15) is 0 Å². The number of hydrogen-bond donors (Lipinski definition) is 2. The Bertz CT molecular complexity index is 599. The van der Waals surface area contributed by atoms with Crippen LogP contribution in [0, 0.1) is 5.92 Å². The first kappa shape index (κ1) is 22.1. The van der Waals surface area contributed by atoms with Gasteiger partial charge in [0.05, 0.1) is 27.4 Å². The summed E-state index contributed by atoms with van der Waals surface area (Å²) in [6.07, 6.45) is 1.05. The Morgan fingerprint density at radius 1 is 1.21 bits per heavy atom. The highest BCUT2D eigenvalue weighted by Crippen LogP contribution is 2.30. The smallest absolute Gasteiger partial charge is 0.191 e. The molecule has 0 radical (unpaired) electrons. The lowest BCUT2D eigenvalue weighted by atomic mass is 10.2. The zero-order valence-electron chi connectivity index (χ0n) is 18.0. The summed E-state index contributed by atoms with van der Waals surface area (Å²) in [7, 11) is 3.36. The van der Waals surface area contributed by atoms with E-state index >= 15 is 0 Å². The molecule has 0 bridgehead atoms. The number of hydrogen-bond acceptors (Lipinski definition) is 5. The van der Waals surface area contributed by atoms with Crippen LogP contribution in [0.1, 0.15) is 27.2 Å². The summed E-state index contributed by atoms with van der Waals surface area (Å²) in [5.74, 6) is 3.02. The lowest BCUT2D eigenvalue weighted by molar-refractivity contribution is 0.117. The Labute approximate surface area is 169 Å². The van der Waals surface area contributed by atoms with Crippen LogP contribution in [0.2, 0.25) is 0 Å². The van der Waals surface area contributed by atoms with E-state index in [1.165, 1.54) is 0 Å².